The highest BCUT2D eigenvalue weighted by Gasteiger charge is 2.51. The Kier molecular flexibility index (Phi) is 4.63. The molecule has 130 valence electrons. The van der Waals surface area contributed by atoms with Crippen molar-refractivity contribution in [3.8, 4) is 10.9 Å². The van der Waals surface area contributed by atoms with Crippen LogP contribution in [0.2, 0.25) is 0 Å². The van der Waals surface area contributed by atoms with Gasteiger partial charge in [0.05, 0.1) is 6.61 Å². The van der Waals surface area contributed by atoms with Gasteiger partial charge in [-0.1, -0.05) is 63.4 Å². The number of nitrogens with zero attached hydrogens (tertiary/aromatic N) is 2. The number of hydrogen-bond acceptors (Lipinski definition) is 5. The first-order valence-corrected chi connectivity index (χ1v) is 8.42. The van der Waals surface area contributed by atoms with E-state index in [-0.39, 0.29) is 17.4 Å². The molecule has 0 amide bonds. The van der Waals surface area contributed by atoms with Gasteiger partial charge in [0.15, 0.2) is 3.79 Å². The molecule has 1 fully saturated rings. The fraction of sp³-hybridized carbons (Fsp3) is 0.385. The minimum absolute atomic E-state index is 0.144. The highest BCUT2D eigenvalue weighted by atomic mass is 35.6. The first kappa shape index (κ1) is 18.0. The molecule has 1 aromatic carbocycles. The van der Waals surface area contributed by atoms with Gasteiger partial charge in [-0.15, -0.1) is 5.10 Å². The average Bonchev–Trinajstić information content (AvgIpc) is 3.04. The maximum absolute atomic E-state index is 12.5. The molecule has 0 saturated carbocycles. The minimum atomic E-state index is -4.56. The average molecular weight is 420 g/mol. The Morgan fingerprint density at radius 3 is 2.50 bits per heavy atom. The van der Waals surface area contributed by atoms with Crippen molar-refractivity contribution in [1.82, 2.24) is 10.2 Å². The van der Waals surface area contributed by atoms with E-state index < -0.39 is 20.6 Å². The second kappa shape index (κ2) is 6.17. The maximum atomic E-state index is 12.5. The number of alkyl halides is 6. The molecule has 1 aliphatic heterocycles. The summed E-state index contributed by atoms with van der Waals surface area (Å²) in [6.45, 7) is 0.376. The van der Waals surface area contributed by atoms with Crippen LogP contribution in [-0.2, 0) is 16.5 Å². The molecule has 2 aromatic rings. The van der Waals surface area contributed by atoms with Crippen molar-refractivity contribution in [2.24, 2.45) is 0 Å². The summed E-state index contributed by atoms with van der Waals surface area (Å²) in [7, 11) is 0. The number of aromatic nitrogens is 2. The third-order valence-corrected chi connectivity index (χ3v) is 4.44. The summed E-state index contributed by atoms with van der Waals surface area (Å²) in [6, 6.07) is 6.61. The van der Waals surface area contributed by atoms with Gasteiger partial charge >= 0.3 is 6.18 Å². The zero-order valence-corrected chi connectivity index (χ0v) is 14.7. The summed E-state index contributed by atoms with van der Waals surface area (Å²) in [6.07, 6.45) is -4.41. The van der Waals surface area contributed by atoms with E-state index in [2.05, 4.69) is 10.2 Å². The predicted octanol–water partition coefficient (Wildman–Crippen LogP) is 5.34. The lowest BCUT2D eigenvalue weighted by molar-refractivity contribution is -0.138. The van der Waals surface area contributed by atoms with Crippen LogP contribution < -0.4 is 4.74 Å². The van der Waals surface area contributed by atoms with Gasteiger partial charge in [0.25, 0.3) is 5.19 Å². The Labute approximate surface area is 153 Å². The van der Waals surface area contributed by atoms with E-state index in [4.69, 9.17) is 44.3 Å². The van der Waals surface area contributed by atoms with E-state index in [0.29, 0.717) is 23.5 Å². The second-order valence-corrected chi connectivity index (χ2v) is 8.53. The molecule has 0 spiro atoms. The summed E-state index contributed by atoms with van der Waals surface area (Å²) in [5.74, 6) is 0.288. The van der Waals surface area contributed by atoms with Crippen LogP contribution in [0.25, 0.3) is 0 Å². The minimum Gasteiger partial charge on any atom is -0.430 e. The SMILES string of the molecule is FC(F)(F)c1nnc(Oc2cccc(C3(CC(Cl)(Cl)Cl)CO3)c2)s1. The lowest BCUT2D eigenvalue weighted by atomic mass is 9.97. The van der Waals surface area contributed by atoms with Gasteiger partial charge in [-0.2, -0.15) is 13.2 Å². The van der Waals surface area contributed by atoms with Gasteiger partial charge in [-0.25, -0.2) is 0 Å². The normalized spacial score (nSPS) is 20.9. The zero-order chi connectivity index (χ0) is 17.6. The van der Waals surface area contributed by atoms with Crippen molar-refractivity contribution in [3.05, 3.63) is 34.8 Å². The lowest BCUT2D eigenvalue weighted by Gasteiger charge is -2.18. The Morgan fingerprint density at radius 2 is 1.96 bits per heavy atom. The predicted molar refractivity (Wildman–Crippen MR) is 84.0 cm³/mol. The van der Waals surface area contributed by atoms with Crippen LogP contribution in [0.15, 0.2) is 24.3 Å². The molecular weight excluding hydrogens is 412 g/mol. The fourth-order valence-corrected chi connectivity index (χ4v) is 3.32. The monoisotopic (exact) mass is 418 g/mol. The number of rotatable bonds is 4. The Hall–Kier alpha value is -0.800. The molecule has 1 atom stereocenters. The van der Waals surface area contributed by atoms with Crippen LogP contribution in [0.3, 0.4) is 0 Å². The van der Waals surface area contributed by atoms with Gasteiger partial charge in [-0.05, 0) is 17.7 Å². The Morgan fingerprint density at radius 1 is 1.25 bits per heavy atom. The highest BCUT2D eigenvalue weighted by molar-refractivity contribution is 7.13. The number of benzene rings is 1. The van der Waals surface area contributed by atoms with E-state index in [9.17, 15) is 13.2 Å². The van der Waals surface area contributed by atoms with Crippen molar-refractivity contribution in [2.45, 2.75) is 22.0 Å². The summed E-state index contributed by atoms with van der Waals surface area (Å²) in [4.78, 5) is 0. The van der Waals surface area contributed by atoms with Crippen LogP contribution in [0.5, 0.6) is 10.9 Å². The molecule has 0 radical (unpaired) electrons. The van der Waals surface area contributed by atoms with E-state index in [0.717, 1.165) is 0 Å². The van der Waals surface area contributed by atoms with Crippen LogP contribution in [-0.4, -0.2) is 20.6 Å². The number of hydrogen-bond donors (Lipinski definition) is 0. The molecule has 1 aliphatic rings. The van der Waals surface area contributed by atoms with Gasteiger partial charge < -0.3 is 9.47 Å². The third kappa shape index (κ3) is 4.23. The second-order valence-electron chi connectivity index (χ2n) is 5.08. The van der Waals surface area contributed by atoms with E-state index >= 15 is 0 Å². The largest absolute Gasteiger partial charge is 0.445 e. The van der Waals surface area contributed by atoms with Crippen LogP contribution in [0.4, 0.5) is 13.2 Å². The molecule has 11 heteroatoms. The van der Waals surface area contributed by atoms with Crippen LogP contribution in [0, 0.1) is 0 Å². The van der Waals surface area contributed by atoms with Crippen molar-refractivity contribution < 1.29 is 22.6 Å². The third-order valence-electron chi connectivity index (χ3n) is 3.19. The van der Waals surface area contributed by atoms with Gasteiger partial charge in [0.2, 0.25) is 5.01 Å². The van der Waals surface area contributed by atoms with Crippen LogP contribution in [0.1, 0.15) is 17.0 Å². The summed E-state index contributed by atoms with van der Waals surface area (Å²) >= 11 is 17.8. The van der Waals surface area contributed by atoms with Gasteiger partial charge in [-0.3, -0.25) is 0 Å². The molecule has 24 heavy (non-hydrogen) atoms. The first-order chi connectivity index (χ1) is 11.1. The molecule has 4 nitrogen and oxygen atoms in total. The van der Waals surface area contributed by atoms with Crippen molar-refractivity contribution >= 4 is 46.1 Å². The summed E-state index contributed by atoms with van der Waals surface area (Å²) in [5, 5.41) is 5.14. The molecule has 1 aromatic heterocycles. The lowest BCUT2D eigenvalue weighted by Crippen LogP contribution is -2.18. The molecular formula is C13H8Cl3F3N2O2S. The standard InChI is InChI=1S/C13H8Cl3F3N2O2S/c14-12(15,16)5-11(6-22-11)7-2-1-3-8(4-7)23-10-21-20-9(24-10)13(17,18)19/h1-4H,5-6H2. The number of epoxide rings is 1. The fourth-order valence-electron chi connectivity index (χ4n) is 2.09. The van der Waals surface area contributed by atoms with Gasteiger partial charge in [0, 0.05) is 6.42 Å². The number of halogens is 6. The molecule has 2 heterocycles. The first-order valence-electron chi connectivity index (χ1n) is 6.47. The highest BCUT2D eigenvalue weighted by Crippen LogP contribution is 2.50. The molecule has 3 rings (SSSR count). The zero-order valence-electron chi connectivity index (χ0n) is 11.6. The molecule has 1 unspecified atom stereocenters. The Balaban J connectivity index is 1.78. The molecule has 0 bridgehead atoms. The quantitative estimate of drug-likeness (QED) is 0.496. The van der Waals surface area contributed by atoms with Gasteiger partial charge in [0.1, 0.15) is 11.4 Å². The van der Waals surface area contributed by atoms with Crippen LogP contribution >= 0.6 is 46.1 Å². The van der Waals surface area contributed by atoms with Crippen molar-refractivity contribution in [1.29, 1.82) is 0 Å². The smallest absolute Gasteiger partial charge is 0.430 e. The topological polar surface area (TPSA) is 47.5 Å². The maximum Gasteiger partial charge on any atom is 0.445 e. The summed E-state index contributed by atoms with van der Waals surface area (Å²) < 4.78 is 46.8. The van der Waals surface area contributed by atoms with E-state index in [1.165, 1.54) is 0 Å². The molecule has 0 aliphatic carbocycles. The number of ether oxygens (including phenoxy) is 2. The summed E-state index contributed by atoms with van der Waals surface area (Å²) in [5.41, 5.74) is -0.0324. The Bertz CT molecular complexity index is 745. The van der Waals surface area contributed by atoms with Crippen molar-refractivity contribution in [2.75, 3.05) is 6.61 Å². The van der Waals surface area contributed by atoms with E-state index in [1.54, 1.807) is 24.3 Å². The van der Waals surface area contributed by atoms with Crippen molar-refractivity contribution in [3.63, 3.8) is 0 Å². The molecule has 1 saturated heterocycles. The molecule has 0 N–H and O–H groups in total. The van der Waals surface area contributed by atoms with E-state index in [1.807, 2.05) is 0 Å².